The van der Waals surface area contributed by atoms with Crippen molar-refractivity contribution in [1.29, 1.82) is 0 Å². The van der Waals surface area contributed by atoms with Gasteiger partial charge in [0.1, 0.15) is 19.2 Å². The van der Waals surface area contributed by atoms with Crippen molar-refractivity contribution in [2.24, 2.45) is 0 Å². The maximum Gasteiger partial charge on any atom is 0.341 e. The minimum absolute atomic E-state index is 0.368. The Balaban J connectivity index is 2.01. The normalized spacial score (nSPS) is 22.2. The van der Waals surface area contributed by atoms with Crippen molar-refractivity contribution in [1.82, 2.24) is 10.3 Å². The van der Waals surface area contributed by atoms with E-state index in [0.29, 0.717) is 28.8 Å². The van der Waals surface area contributed by atoms with Crippen LogP contribution in [-0.4, -0.2) is 51.6 Å². The van der Waals surface area contributed by atoms with Gasteiger partial charge in [-0.1, -0.05) is 5.46 Å². The molecule has 5 nitrogen and oxygen atoms in total. The number of carbonyl (C=O) groups is 1. The first-order chi connectivity index (χ1) is 10.1. The first-order valence-electron chi connectivity index (χ1n) is 7.47. The zero-order chi connectivity index (χ0) is 15.0. The molecule has 0 spiro atoms. The van der Waals surface area contributed by atoms with E-state index in [1.807, 2.05) is 0 Å². The highest BCUT2D eigenvalue weighted by molar-refractivity contribution is 6.33. The standard InChI is InChI=1S/C15H20BN3O2/c1-9-8-19(6-5-17-9)14-11(15(20)21-2)7-12(16)13(18-14)10-3-4-10/h7,9-10,17H,3-6,8H2,1-2H3/t9-/m1/s1. The molecule has 0 unspecified atom stereocenters. The van der Waals surface area contributed by atoms with Crippen LogP contribution in [0.1, 0.15) is 41.7 Å². The SMILES string of the molecule is [B]c1cc(C(=O)OC)c(N2CCN[C@H](C)C2)nc1C1CC1. The van der Waals surface area contributed by atoms with Crippen molar-refractivity contribution in [3.05, 3.63) is 17.3 Å². The van der Waals surface area contributed by atoms with E-state index in [4.69, 9.17) is 17.6 Å². The van der Waals surface area contributed by atoms with E-state index in [-0.39, 0.29) is 5.97 Å². The number of carbonyl (C=O) groups excluding carboxylic acids is 1. The van der Waals surface area contributed by atoms with Crippen LogP contribution in [0, 0.1) is 0 Å². The van der Waals surface area contributed by atoms with Crippen molar-refractivity contribution in [3.63, 3.8) is 0 Å². The van der Waals surface area contributed by atoms with Gasteiger partial charge in [-0.3, -0.25) is 0 Å². The first-order valence-corrected chi connectivity index (χ1v) is 7.47. The molecule has 1 aliphatic carbocycles. The number of anilines is 1. The van der Waals surface area contributed by atoms with Crippen molar-refractivity contribution in [3.8, 4) is 0 Å². The van der Waals surface area contributed by atoms with Gasteiger partial charge in [0.05, 0.1) is 7.11 Å². The molecule has 1 aliphatic heterocycles. The number of nitrogens with one attached hydrogen (secondary N) is 1. The van der Waals surface area contributed by atoms with E-state index in [0.717, 1.165) is 38.2 Å². The molecule has 1 aromatic heterocycles. The third-order valence-corrected chi connectivity index (χ3v) is 4.10. The molecule has 0 amide bonds. The van der Waals surface area contributed by atoms with Crippen LogP contribution in [-0.2, 0) is 4.74 Å². The summed E-state index contributed by atoms with van der Waals surface area (Å²) in [6, 6.07) is 2.10. The van der Waals surface area contributed by atoms with Gasteiger partial charge in [0, 0.05) is 37.3 Å². The van der Waals surface area contributed by atoms with Gasteiger partial charge in [-0.05, 0) is 25.8 Å². The predicted molar refractivity (Wildman–Crippen MR) is 82.6 cm³/mol. The molecule has 1 N–H and O–H groups in total. The summed E-state index contributed by atoms with van der Waals surface area (Å²) >= 11 is 0. The van der Waals surface area contributed by atoms with Crippen molar-refractivity contribution in [2.45, 2.75) is 31.7 Å². The number of rotatable bonds is 3. The number of nitrogens with zero attached hydrogens (tertiary/aromatic N) is 2. The number of ether oxygens (including phenoxy) is 1. The Bertz CT molecular complexity index is 560. The second-order valence-electron chi connectivity index (χ2n) is 5.90. The lowest BCUT2D eigenvalue weighted by atomic mass is 9.90. The highest BCUT2D eigenvalue weighted by Gasteiger charge is 2.30. The molecular formula is C15H20BN3O2. The van der Waals surface area contributed by atoms with E-state index in [9.17, 15) is 4.79 Å². The summed E-state index contributed by atoms with van der Waals surface area (Å²) in [6.45, 7) is 4.66. The number of pyridine rings is 1. The summed E-state index contributed by atoms with van der Waals surface area (Å²) in [4.78, 5) is 18.9. The maximum absolute atomic E-state index is 12.0. The van der Waals surface area contributed by atoms with Gasteiger partial charge in [-0.2, -0.15) is 0 Å². The molecule has 0 aromatic carbocycles. The molecule has 0 bridgehead atoms. The number of methoxy groups -OCH3 is 1. The minimum atomic E-state index is -0.377. The predicted octanol–water partition coefficient (Wildman–Crippen LogP) is 0.337. The van der Waals surface area contributed by atoms with Gasteiger partial charge in [0.15, 0.2) is 0 Å². The largest absolute Gasteiger partial charge is 0.465 e. The van der Waals surface area contributed by atoms with E-state index in [1.54, 1.807) is 6.07 Å². The summed E-state index contributed by atoms with van der Waals surface area (Å²) in [6.07, 6.45) is 2.26. The van der Waals surface area contributed by atoms with E-state index >= 15 is 0 Å². The van der Waals surface area contributed by atoms with E-state index in [1.165, 1.54) is 7.11 Å². The highest BCUT2D eigenvalue weighted by Crippen LogP contribution is 2.39. The van der Waals surface area contributed by atoms with Crippen LogP contribution < -0.4 is 15.7 Å². The number of aromatic nitrogens is 1. The molecule has 2 aliphatic rings. The molecule has 1 saturated heterocycles. The van der Waals surface area contributed by atoms with Gasteiger partial charge in [0.25, 0.3) is 0 Å². The molecule has 2 radical (unpaired) electrons. The third-order valence-electron chi connectivity index (χ3n) is 4.10. The van der Waals surface area contributed by atoms with Crippen molar-refractivity contribution < 1.29 is 9.53 Å². The fourth-order valence-electron chi connectivity index (χ4n) is 2.84. The molecular weight excluding hydrogens is 265 g/mol. The lowest BCUT2D eigenvalue weighted by molar-refractivity contribution is 0.0601. The third kappa shape index (κ3) is 2.90. The van der Waals surface area contributed by atoms with Crippen molar-refractivity contribution >= 4 is 25.1 Å². The van der Waals surface area contributed by atoms with E-state index in [2.05, 4.69) is 17.1 Å². The molecule has 2 heterocycles. The van der Waals surface area contributed by atoms with Gasteiger partial charge in [-0.15, -0.1) is 0 Å². The zero-order valence-electron chi connectivity index (χ0n) is 12.6. The van der Waals surface area contributed by atoms with Gasteiger partial charge in [0.2, 0.25) is 0 Å². The Kier molecular flexibility index (Phi) is 3.89. The molecule has 1 atom stereocenters. The summed E-state index contributed by atoms with van der Waals surface area (Å²) in [5.74, 6) is 0.791. The molecule has 21 heavy (non-hydrogen) atoms. The van der Waals surface area contributed by atoms with Gasteiger partial charge in [-0.25, -0.2) is 9.78 Å². The monoisotopic (exact) mass is 285 g/mol. The maximum atomic E-state index is 12.0. The summed E-state index contributed by atoms with van der Waals surface area (Å²) in [5.41, 5.74) is 2.00. The molecule has 2 fully saturated rings. The quantitative estimate of drug-likeness (QED) is 0.641. The topological polar surface area (TPSA) is 54.5 Å². The summed E-state index contributed by atoms with van der Waals surface area (Å²) < 4.78 is 4.89. The Morgan fingerprint density at radius 3 is 2.90 bits per heavy atom. The van der Waals surface area contributed by atoms with Crippen LogP contribution in [0.25, 0.3) is 0 Å². The fraction of sp³-hybridized carbons (Fsp3) is 0.600. The average Bonchev–Trinajstić information content (AvgIpc) is 3.30. The Hall–Kier alpha value is -1.56. The Morgan fingerprint density at radius 2 is 2.29 bits per heavy atom. The smallest absolute Gasteiger partial charge is 0.341 e. The highest BCUT2D eigenvalue weighted by atomic mass is 16.5. The average molecular weight is 285 g/mol. The van der Waals surface area contributed by atoms with Crippen LogP contribution in [0.15, 0.2) is 6.07 Å². The minimum Gasteiger partial charge on any atom is -0.465 e. The number of piperazine rings is 1. The second kappa shape index (κ2) is 5.68. The summed E-state index contributed by atoms with van der Waals surface area (Å²) in [7, 11) is 7.47. The van der Waals surface area contributed by atoms with E-state index < -0.39 is 0 Å². The van der Waals surface area contributed by atoms with Gasteiger partial charge < -0.3 is 15.0 Å². The molecule has 1 saturated carbocycles. The van der Waals surface area contributed by atoms with Crippen molar-refractivity contribution in [2.75, 3.05) is 31.6 Å². The number of hydrogen-bond acceptors (Lipinski definition) is 5. The van der Waals surface area contributed by atoms with Crippen LogP contribution >= 0.6 is 0 Å². The number of esters is 1. The van der Waals surface area contributed by atoms with Crippen LogP contribution in [0.2, 0.25) is 0 Å². The first kappa shape index (κ1) is 14.4. The lowest BCUT2D eigenvalue weighted by Gasteiger charge is -2.34. The molecule has 110 valence electrons. The molecule has 1 aromatic rings. The Morgan fingerprint density at radius 1 is 1.52 bits per heavy atom. The molecule has 3 rings (SSSR count). The number of hydrogen-bond donors (Lipinski definition) is 1. The van der Waals surface area contributed by atoms with Crippen LogP contribution in [0.4, 0.5) is 5.82 Å². The van der Waals surface area contributed by atoms with Crippen LogP contribution in [0.3, 0.4) is 0 Å². The second-order valence-corrected chi connectivity index (χ2v) is 5.90. The summed E-state index contributed by atoms with van der Waals surface area (Å²) in [5, 5.41) is 3.40. The fourth-order valence-corrected chi connectivity index (χ4v) is 2.84. The Labute approximate surface area is 126 Å². The van der Waals surface area contributed by atoms with Gasteiger partial charge >= 0.3 is 5.97 Å². The van der Waals surface area contributed by atoms with Crippen LogP contribution in [0.5, 0.6) is 0 Å². The lowest BCUT2D eigenvalue weighted by Crippen LogP contribution is -2.50. The molecule has 6 heteroatoms. The zero-order valence-corrected chi connectivity index (χ0v) is 12.6.